The van der Waals surface area contributed by atoms with Crippen molar-refractivity contribution in [1.29, 1.82) is 0 Å². The Balaban J connectivity index is 3.05. The Hall–Kier alpha value is -0.750. The van der Waals surface area contributed by atoms with Gasteiger partial charge in [-0.05, 0) is 30.2 Å². The highest BCUT2D eigenvalue weighted by molar-refractivity contribution is 9.10. The van der Waals surface area contributed by atoms with Gasteiger partial charge in [-0.3, -0.25) is 0 Å². The van der Waals surface area contributed by atoms with Crippen LogP contribution < -0.4 is 10.2 Å². The first kappa shape index (κ1) is 18.3. The van der Waals surface area contributed by atoms with E-state index < -0.39 is 12.7 Å². The minimum atomic E-state index is -4.20. The topological polar surface area (TPSA) is 15.3 Å². The van der Waals surface area contributed by atoms with E-state index in [2.05, 4.69) is 21.2 Å². The summed E-state index contributed by atoms with van der Waals surface area (Å²) >= 11 is 3.38. The van der Waals surface area contributed by atoms with Gasteiger partial charge in [0.05, 0.1) is 0 Å². The molecule has 0 aliphatic carbocycles. The molecule has 0 unspecified atom stereocenters. The number of halogens is 4. The van der Waals surface area contributed by atoms with Gasteiger partial charge in [0, 0.05) is 29.3 Å². The van der Waals surface area contributed by atoms with Crippen LogP contribution in [0.4, 0.5) is 18.9 Å². The van der Waals surface area contributed by atoms with Gasteiger partial charge in [0.25, 0.3) is 0 Å². The zero-order chi connectivity index (χ0) is 16.0. The predicted molar refractivity (Wildman–Crippen MR) is 84.7 cm³/mol. The predicted octanol–water partition coefficient (Wildman–Crippen LogP) is 4.73. The van der Waals surface area contributed by atoms with Crippen molar-refractivity contribution in [2.45, 2.75) is 46.0 Å². The molecular weight excluding hydrogens is 345 g/mol. The molecule has 0 fully saturated rings. The summed E-state index contributed by atoms with van der Waals surface area (Å²) in [6.07, 6.45) is -3.53. The molecular formula is C15H22BrF3N2. The van der Waals surface area contributed by atoms with E-state index in [0.717, 1.165) is 10.0 Å². The summed E-state index contributed by atoms with van der Waals surface area (Å²) in [5.74, 6) is 0. The highest BCUT2D eigenvalue weighted by Gasteiger charge is 2.31. The van der Waals surface area contributed by atoms with Crippen molar-refractivity contribution in [3.8, 4) is 0 Å². The molecule has 0 bridgehead atoms. The number of hydrogen-bond donors (Lipinski definition) is 1. The molecule has 6 heteroatoms. The average Bonchev–Trinajstić information content (AvgIpc) is 2.34. The summed E-state index contributed by atoms with van der Waals surface area (Å²) in [6, 6.07) is 5.69. The third kappa shape index (κ3) is 6.70. The van der Waals surface area contributed by atoms with E-state index in [9.17, 15) is 13.2 Å². The molecule has 0 amide bonds. The fraction of sp³-hybridized carbons (Fsp3) is 0.600. The van der Waals surface area contributed by atoms with Crippen LogP contribution >= 0.6 is 15.9 Å². The molecule has 0 spiro atoms. The first-order chi connectivity index (χ1) is 9.73. The molecule has 0 radical (unpaired) electrons. The molecule has 21 heavy (non-hydrogen) atoms. The zero-order valence-corrected chi connectivity index (χ0v) is 14.2. The number of anilines is 1. The summed E-state index contributed by atoms with van der Waals surface area (Å²) in [5, 5.41) is 3.26. The van der Waals surface area contributed by atoms with Crippen LogP contribution in [-0.4, -0.2) is 25.3 Å². The number of benzene rings is 1. The van der Waals surface area contributed by atoms with Crippen molar-refractivity contribution in [1.82, 2.24) is 5.32 Å². The second-order valence-corrected chi connectivity index (χ2v) is 6.26. The van der Waals surface area contributed by atoms with E-state index in [0.29, 0.717) is 25.2 Å². The van der Waals surface area contributed by atoms with Gasteiger partial charge in [0.2, 0.25) is 0 Å². The maximum Gasteiger partial charge on any atom is 0.405 e. The lowest BCUT2D eigenvalue weighted by atomic mass is 10.1. The summed E-state index contributed by atoms with van der Waals surface area (Å²) < 4.78 is 39.2. The molecule has 0 atom stereocenters. The number of alkyl halides is 3. The number of nitrogens with one attached hydrogen (secondary N) is 1. The standard InChI is InChI=1S/C15H22BrF3N2/c1-4-7-21(10-15(17,18)19)14-6-5-13(16)8-12(14)9-20-11(2)3/h5-6,8,11,20H,4,7,9-10H2,1-3H3. The Morgan fingerprint density at radius 3 is 2.48 bits per heavy atom. The van der Waals surface area contributed by atoms with E-state index in [1.165, 1.54) is 4.90 Å². The summed E-state index contributed by atoms with van der Waals surface area (Å²) in [6.45, 7) is 5.92. The largest absolute Gasteiger partial charge is 0.405 e. The van der Waals surface area contributed by atoms with E-state index in [1.54, 1.807) is 12.1 Å². The fourth-order valence-corrected chi connectivity index (χ4v) is 2.50. The molecule has 1 rings (SSSR count). The molecule has 1 aromatic rings. The molecule has 0 heterocycles. The van der Waals surface area contributed by atoms with Crippen molar-refractivity contribution < 1.29 is 13.2 Å². The van der Waals surface area contributed by atoms with Crippen molar-refractivity contribution >= 4 is 21.6 Å². The molecule has 2 nitrogen and oxygen atoms in total. The SMILES string of the molecule is CCCN(CC(F)(F)F)c1ccc(Br)cc1CNC(C)C. The van der Waals surface area contributed by atoms with E-state index in [4.69, 9.17) is 0 Å². The minimum absolute atomic E-state index is 0.277. The molecule has 120 valence electrons. The third-order valence-electron chi connectivity index (χ3n) is 2.95. The smallest absolute Gasteiger partial charge is 0.362 e. The molecule has 0 saturated carbocycles. The van der Waals surface area contributed by atoms with Gasteiger partial charge in [-0.2, -0.15) is 13.2 Å². The van der Waals surface area contributed by atoms with Crippen LogP contribution in [0.15, 0.2) is 22.7 Å². The highest BCUT2D eigenvalue weighted by Crippen LogP contribution is 2.28. The van der Waals surface area contributed by atoms with Crippen molar-refractivity contribution in [2.75, 3.05) is 18.0 Å². The maximum atomic E-state index is 12.8. The van der Waals surface area contributed by atoms with Crippen molar-refractivity contribution in [3.05, 3.63) is 28.2 Å². The lowest BCUT2D eigenvalue weighted by Crippen LogP contribution is -2.36. The molecule has 0 saturated heterocycles. The Kier molecular flexibility index (Phi) is 7.00. The Morgan fingerprint density at radius 1 is 1.29 bits per heavy atom. The van der Waals surface area contributed by atoms with Crippen LogP contribution in [0.2, 0.25) is 0 Å². The van der Waals surface area contributed by atoms with Crippen LogP contribution in [0.25, 0.3) is 0 Å². The number of rotatable bonds is 7. The molecule has 0 aliphatic heterocycles. The zero-order valence-electron chi connectivity index (χ0n) is 12.6. The van der Waals surface area contributed by atoms with Gasteiger partial charge >= 0.3 is 6.18 Å². The lowest BCUT2D eigenvalue weighted by Gasteiger charge is -2.28. The third-order valence-corrected chi connectivity index (χ3v) is 3.44. The molecule has 0 aromatic heterocycles. The molecule has 1 aromatic carbocycles. The summed E-state index contributed by atoms with van der Waals surface area (Å²) in [7, 11) is 0. The lowest BCUT2D eigenvalue weighted by molar-refractivity contribution is -0.119. The minimum Gasteiger partial charge on any atom is -0.362 e. The van der Waals surface area contributed by atoms with E-state index >= 15 is 0 Å². The van der Waals surface area contributed by atoms with Crippen LogP contribution in [-0.2, 0) is 6.54 Å². The summed E-state index contributed by atoms with van der Waals surface area (Å²) in [5.41, 5.74) is 1.52. The number of nitrogens with zero attached hydrogens (tertiary/aromatic N) is 1. The van der Waals surface area contributed by atoms with Crippen LogP contribution in [0.3, 0.4) is 0 Å². The normalized spacial score (nSPS) is 12.0. The van der Waals surface area contributed by atoms with Gasteiger partial charge < -0.3 is 10.2 Å². The van der Waals surface area contributed by atoms with Gasteiger partial charge in [-0.25, -0.2) is 0 Å². The van der Waals surface area contributed by atoms with Crippen molar-refractivity contribution in [3.63, 3.8) is 0 Å². The van der Waals surface area contributed by atoms with Gasteiger partial charge in [-0.15, -0.1) is 0 Å². The Bertz CT molecular complexity index is 447. The highest BCUT2D eigenvalue weighted by atomic mass is 79.9. The second kappa shape index (κ2) is 8.03. The van der Waals surface area contributed by atoms with Gasteiger partial charge in [0.1, 0.15) is 6.54 Å². The Labute approximate surface area is 132 Å². The van der Waals surface area contributed by atoms with Crippen LogP contribution in [0.5, 0.6) is 0 Å². The van der Waals surface area contributed by atoms with E-state index in [-0.39, 0.29) is 6.04 Å². The number of hydrogen-bond acceptors (Lipinski definition) is 2. The summed E-state index contributed by atoms with van der Waals surface area (Å²) in [4.78, 5) is 1.41. The monoisotopic (exact) mass is 366 g/mol. The van der Waals surface area contributed by atoms with Gasteiger partial charge in [0.15, 0.2) is 0 Å². The van der Waals surface area contributed by atoms with Crippen LogP contribution in [0, 0.1) is 0 Å². The molecule has 0 aliphatic rings. The van der Waals surface area contributed by atoms with E-state index in [1.807, 2.05) is 26.8 Å². The quantitative estimate of drug-likeness (QED) is 0.750. The average molecular weight is 367 g/mol. The van der Waals surface area contributed by atoms with Crippen molar-refractivity contribution in [2.24, 2.45) is 0 Å². The first-order valence-electron chi connectivity index (χ1n) is 7.06. The molecule has 1 N–H and O–H groups in total. The first-order valence-corrected chi connectivity index (χ1v) is 7.85. The maximum absolute atomic E-state index is 12.8. The fourth-order valence-electron chi connectivity index (χ4n) is 2.09. The second-order valence-electron chi connectivity index (χ2n) is 5.35. The Morgan fingerprint density at radius 2 is 1.95 bits per heavy atom. The van der Waals surface area contributed by atoms with Gasteiger partial charge in [-0.1, -0.05) is 36.7 Å². The van der Waals surface area contributed by atoms with Crippen LogP contribution in [0.1, 0.15) is 32.8 Å².